The Hall–Kier alpha value is -1.84. The highest BCUT2D eigenvalue weighted by Crippen LogP contribution is 2.42. The summed E-state index contributed by atoms with van der Waals surface area (Å²) in [5.74, 6) is 0.284. The fourth-order valence-corrected chi connectivity index (χ4v) is 2.57. The third-order valence-corrected chi connectivity index (χ3v) is 3.33. The molecule has 1 atom stereocenters. The van der Waals surface area contributed by atoms with Crippen LogP contribution in [0.5, 0.6) is 11.5 Å². The molecule has 0 aromatic heterocycles. The Bertz CT molecular complexity index is 526. The van der Waals surface area contributed by atoms with Gasteiger partial charge in [-0.05, 0) is 29.4 Å². The molecule has 0 fully saturated rings. The van der Waals surface area contributed by atoms with Gasteiger partial charge in [0.15, 0.2) is 0 Å². The summed E-state index contributed by atoms with van der Waals surface area (Å²) in [6.07, 6.45) is 0.921. The fraction of sp³-hybridized carbons (Fsp3) is 0.529. The van der Waals surface area contributed by atoms with Gasteiger partial charge in [0.25, 0.3) is 0 Å². The normalized spacial score (nSPS) is 12.7. The van der Waals surface area contributed by atoms with E-state index in [1.165, 1.54) is 13.8 Å². The van der Waals surface area contributed by atoms with Crippen LogP contribution in [0.15, 0.2) is 18.2 Å². The lowest BCUT2D eigenvalue weighted by Gasteiger charge is -2.31. The standard InChI is InChI=1S/C17H24O4/c1-7-15(17(4,5)6)14-9-8-13(20-11(2)18)10-16(14)21-12(3)19/h8-10,15H,7H2,1-6H3. The SMILES string of the molecule is CCC(c1ccc(OC(C)=O)cc1OC(C)=O)C(C)(C)C. The molecule has 0 aliphatic carbocycles. The molecule has 0 bridgehead atoms. The summed E-state index contributed by atoms with van der Waals surface area (Å²) in [5, 5.41) is 0. The lowest BCUT2D eigenvalue weighted by Crippen LogP contribution is -2.19. The molecule has 0 N–H and O–H groups in total. The zero-order chi connectivity index (χ0) is 16.2. The van der Waals surface area contributed by atoms with Crippen LogP contribution in [0, 0.1) is 5.41 Å². The van der Waals surface area contributed by atoms with Crippen LogP contribution in [0.1, 0.15) is 59.4 Å². The molecule has 1 rings (SSSR count). The molecular weight excluding hydrogens is 268 g/mol. The maximum Gasteiger partial charge on any atom is 0.308 e. The van der Waals surface area contributed by atoms with Gasteiger partial charge in [-0.3, -0.25) is 9.59 Å². The van der Waals surface area contributed by atoms with Crippen molar-refractivity contribution in [1.29, 1.82) is 0 Å². The third kappa shape index (κ3) is 4.88. The fourth-order valence-electron chi connectivity index (χ4n) is 2.57. The van der Waals surface area contributed by atoms with E-state index in [0.29, 0.717) is 11.5 Å². The first-order valence-corrected chi connectivity index (χ1v) is 7.16. The summed E-state index contributed by atoms with van der Waals surface area (Å²) in [7, 11) is 0. The molecule has 0 aliphatic rings. The molecule has 0 saturated carbocycles. The zero-order valence-corrected chi connectivity index (χ0v) is 13.6. The number of benzene rings is 1. The van der Waals surface area contributed by atoms with Gasteiger partial charge in [0.1, 0.15) is 11.5 Å². The maximum atomic E-state index is 11.3. The second-order valence-electron chi connectivity index (χ2n) is 6.21. The van der Waals surface area contributed by atoms with E-state index < -0.39 is 5.97 Å². The molecule has 0 saturated heterocycles. The van der Waals surface area contributed by atoms with Crippen molar-refractivity contribution in [2.45, 2.75) is 53.9 Å². The van der Waals surface area contributed by atoms with Crippen molar-refractivity contribution in [2.75, 3.05) is 0 Å². The summed E-state index contributed by atoms with van der Waals surface area (Å²) in [5.41, 5.74) is 0.989. The second kappa shape index (κ2) is 6.74. The quantitative estimate of drug-likeness (QED) is 0.620. The minimum Gasteiger partial charge on any atom is -0.427 e. The van der Waals surface area contributed by atoms with E-state index >= 15 is 0 Å². The Labute approximate surface area is 126 Å². The number of ether oxygens (including phenoxy) is 2. The summed E-state index contributed by atoms with van der Waals surface area (Å²) in [4.78, 5) is 22.4. The Morgan fingerprint density at radius 2 is 1.67 bits per heavy atom. The number of carbonyl (C=O) groups is 2. The van der Waals surface area contributed by atoms with Crippen LogP contribution in [0.4, 0.5) is 0 Å². The highest BCUT2D eigenvalue weighted by atomic mass is 16.5. The monoisotopic (exact) mass is 292 g/mol. The smallest absolute Gasteiger partial charge is 0.308 e. The van der Waals surface area contributed by atoms with Gasteiger partial charge in [0.2, 0.25) is 0 Å². The molecule has 21 heavy (non-hydrogen) atoms. The van der Waals surface area contributed by atoms with Crippen molar-refractivity contribution in [3.05, 3.63) is 23.8 Å². The van der Waals surface area contributed by atoms with Gasteiger partial charge in [-0.15, -0.1) is 0 Å². The van der Waals surface area contributed by atoms with Gasteiger partial charge in [-0.25, -0.2) is 0 Å². The first kappa shape index (κ1) is 17.2. The summed E-state index contributed by atoms with van der Waals surface area (Å²) in [6, 6.07) is 5.21. The summed E-state index contributed by atoms with van der Waals surface area (Å²) >= 11 is 0. The summed E-state index contributed by atoms with van der Waals surface area (Å²) < 4.78 is 10.4. The van der Waals surface area contributed by atoms with Crippen molar-refractivity contribution in [1.82, 2.24) is 0 Å². The second-order valence-corrected chi connectivity index (χ2v) is 6.21. The molecule has 0 radical (unpaired) electrons. The van der Waals surface area contributed by atoms with Gasteiger partial charge in [0.05, 0.1) is 0 Å². The van der Waals surface area contributed by atoms with Crippen molar-refractivity contribution < 1.29 is 19.1 Å². The third-order valence-electron chi connectivity index (χ3n) is 3.33. The first-order chi connectivity index (χ1) is 9.65. The minimum atomic E-state index is -0.403. The van der Waals surface area contributed by atoms with Gasteiger partial charge >= 0.3 is 11.9 Å². The Morgan fingerprint density at radius 1 is 1.10 bits per heavy atom. The van der Waals surface area contributed by atoms with Crippen LogP contribution < -0.4 is 9.47 Å². The largest absolute Gasteiger partial charge is 0.427 e. The van der Waals surface area contributed by atoms with Crippen molar-refractivity contribution in [2.24, 2.45) is 5.41 Å². The van der Waals surface area contributed by atoms with Crippen molar-refractivity contribution in [3.8, 4) is 11.5 Å². The van der Waals surface area contributed by atoms with Crippen molar-refractivity contribution in [3.63, 3.8) is 0 Å². The van der Waals surface area contributed by atoms with Crippen LogP contribution in [0.3, 0.4) is 0 Å². The molecule has 1 aromatic rings. The molecule has 0 aliphatic heterocycles. The first-order valence-electron chi connectivity index (χ1n) is 7.16. The zero-order valence-electron chi connectivity index (χ0n) is 13.6. The van der Waals surface area contributed by atoms with Gasteiger partial charge in [-0.2, -0.15) is 0 Å². The van der Waals surface area contributed by atoms with Crippen LogP contribution in [0.25, 0.3) is 0 Å². The van der Waals surface area contributed by atoms with E-state index in [9.17, 15) is 9.59 Å². The Balaban J connectivity index is 3.29. The molecule has 4 heteroatoms. The van der Waals surface area contributed by atoms with Crippen LogP contribution in [0.2, 0.25) is 0 Å². The van der Waals surface area contributed by atoms with Gasteiger partial charge < -0.3 is 9.47 Å². The Morgan fingerprint density at radius 3 is 2.10 bits per heavy atom. The number of esters is 2. The molecular formula is C17H24O4. The molecule has 116 valence electrons. The van der Waals surface area contributed by atoms with E-state index in [4.69, 9.17) is 9.47 Å². The van der Waals surface area contributed by atoms with E-state index in [1.807, 2.05) is 6.07 Å². The van der Waals surface area contributed by atoms with Crippen LogP contribution >= 0.6 is 0 Å². The van der Waals surface area contributed by atoms with E-state index in [2.05, 4.69) is 27.7 Å². The average molecular weight is 292 g/mol. The van der Waals surface area contributed by atoms with E-state index in [-0.39, 0.29) is 17.3 Å². The number of rotatable bonds is 4. The van der Waals surface area contributed by atoms with Gasteiger partial charge in [-0.1, -0.05) is 33.8 Å². The van der Waals surface area contributed by atoms with E-state index in [0.717, 1.165) is 12.0 Å². The van der Waals surface area contributed by atoms with Crippen LogP contribution in [-0.2, 0) is 9.59 Å². The topological polar surface area (TPSA) is 52.6 Å². The lowest BCUT2D eigenvalue weighted by molar-refractivity contribution is -0.132. The highest BCUT2D eigenvalue weighted by Gasteiger charge is 2.28. The van der Waals surface area contributed by atoms with E-state index in [1.54, 1.807) is 12.1 Å². The molecule has 0 spiro atoms. The number of carbonyl (C=O) groups excluding carboxylic acids is 2. The Kier molecular flexibility index (Phi) is 5.53. The molecule has 4 nitrogen and oxygen atoms in total. The van der Waals surface area contributed by atoms with Gasteiger partial charge in [0, 0.05) is 19.9 Å². The van der Waals surface area contributed by atoms with Crippen molar-refractivity contribution >= 4 is 11.9 Å². The summed E-state index contributed by atoms with van der Waals surface area (Å²) in [6.45, 7) is 11.3. The predicted octanol–water partition coefficient (Wildman–Crippen LogP) is 4.08. The predicted molar refractivity (Wildman–Crippen MR) is 81.5 cm³/mol. The number of hydrogen-bond donors (Lipinski definition) is 0. The average Bonchev–Trinajstić information content (AvgIpc) is 2.29. The molecule has 1 unspecified atom stereocenters. The molecule has 0 heterocycles. The molecule has 1 aromatic carbocycles. The lowest BCUT2D eigenvalue weighted by atomic mass is 9.74. The maximum absolute atomic E-state index is 11.3. The molecule has 0 amide bonds. The van der Waals surface area contributed by atoms with Crippen LogP contribution in [-0.4, -0.2) is 11.9 Å². The minimum absolute atomic E-state index is 0.0343. The number of hydrogen-bond acceptors (Lipinski definition) is 4. The highest BCUT2D eigenvalue weighted by molar-refractivity contribution is 5.72.